The van der Waals surface area contributed by atoms with Gasteiger partial charge >= 0.3 is 0 Å². The Morgan fingerprint density at radius 2 is 1.89 bits per heavy atom. The first-order valence-corrected chi connectivity index (χ1v) is 9.82. The number of hydrogen-bond donors (Lipinski definition) is 0. The molecule has 0 amide bonds. The van der Waals surface area contributed by atoms with Crippen LogP contribution in [0.1, 0.15) is 11.5 Å². The molecule has 0 fully saturated rings. The van der Waals surface area contributed by atoms with Crippen molar-refractivity contribution in [3.63, 3.8) is 0 Å². The number of rotatable bonds is 6. The van der Waals surface area contributed by atoms with Crippen LogP contribution in [0.3, 0.4) is 0 Å². The van der Waals surface area contributed by atoms with E-state index in [1.54, 1.807) is 0 Å². The van der Waals surface area contributed by atoms with Crippen LogP contribution in [0.2, 0.25) is 5.02 Å². The van der Waals surface area contributed by atoms with E-state index in [2.05, 4.69) is 10.1 Å². The lowest BCUT2D eigenvalue weighted by molar-refractivity contribution is 0.336. The summed E-state index contributed by atoms with van der Waals surface area (Å²) >= 11 is 6.03. The van der Waals surface area contributed by atoms with Gasteiger partial charge in [0, 0.05) is 12.6 Å². The molecule has 0 radical (unpaired) electrons. The number of hydrogen-bond acceptors (Lipinski definition) is 6. The molecule has 0 N–H and O–H groups in total. The van der Waals surface area contributed by atoms with Gasteiger partial charge in [0.2, 0.25) is 21.7 Å². The minimum Gasteiger partial charge on any atom is -0.495 e. The van der Waals surface area contributed by atoms with Crippen LogP contribution in [-0.4, -0.2) is 37.0 Å². The van der Waals surface area contributed by atoms with Crippen molar-refractivity contribution >= 4 is 21.6 Å². The Balaban J connectivity index is 1.79. The fraction of sp³-hybridized carbons (Fsp3) is 0.222. The highest BCUT2D eigenvalue weighted by Crippen LogP contribution is 2.28. The third-order valence-electron chi connectivity index (χ3n) is 3.97. The fourth-order valence-corrected chi connectivity index (χ4v) is 3.87. The number of methoxy groups -OCH3 is 1. The molecule has 0 bridgehead atoms. The van der Waals surface area contributed by atoms with Crippen molar-refractivity contribution in [1.29, 1.82) is 0 Å². The van der Waals surface area contributed by atoms with Crippen LogP contribution in [0, 0.1) is 6.92 Å². The minimum absolute atomic E-state index is 0.0501. The van der Waals surface area contributed by atoms with E-state index in [0.717, 1.165) is 15.4 Å². The number of ether oxygens (including phenoxy) is 1. The lowest BCUT2D eigenvalue weighted by atomic mass is 10.1. The fourth-order valence-electron chi connectivity index (χ4n) is 2.40. The van der Waals surface area contributed by atoms with Crippen molar-refractivity contribution in [2.45, 2.75) is 18.4 Å². The van der Waals surface area contributed by atoms with Gasteiger partial charge in [0.15, 0.2) is 0 Å². The number of nitrogens with zero attached hydrogens (tertiary/aromatic N) is 3. The molecular formula is C18H18ClN3O4S. The molecule has 1 heterocycles. The molecule has 0 unspecified atom stereocenters. The molecule has 0 atom stereocenters. The molecule has 3 aromatic rings. The van der Waals surface area contributed by atoms with Gasteiger partial charge in [0.25, 0.3) is 0 Å². The molecule has 0 aliphatic rings. The van der Waals surface area contributed by atoms with Gasteiger partial charge in [-0.3, -0.25) is 0 Å². The molecule has 0 aliphatic heterocycles. The summed E-state index contributed by atoms with van der Waals surface area (Å²) < 4.78 is 36.8. The second-order valence-corrected chi connectivity index (χ2v) is 8.39. The second kappa shape index (κ2) is 7.67. The number of sulfonamides is 1. The van der Waals surface area contributed by atoms with Crippen molar-refractivity contribution < 1.29 is 17.7 Å². The van der Waals surface area contributed by atoms with Crippen LogP contribution in [0.25, 0.3) is 11.4 Å². The molecular weight excluding hydrogens is 390 g/mol. The third-order valence-corrected chi connectivity index (χ3v) is 6.06. The van der Waals surface area contributed by atoms with Gasteiger partial charge in [-0.2, -0.15) is 9.29 Å². The molecule has 1 aromatic heterocycles. The monoisotopic (exact) mass is 407 g/mol. The largest absolute Gasteiger partial charge is 0.495 e. The van der Waals surface area contributed by atoms with Crippen LogP contribution in [0.15, 0.2) is 51.9 Å². The molecule has 0 saturated heterocycles. The third kappa shape index (κ3) is 4.13. The first-order valence-electron chi connectivity index (χ1n) is 8.01. The average Bonchev–Trinajstić information content (AvgIpc) is 3.10. The first kappa shape index (κ1) is 19.3. The van der Waals surface area contributed by atoms with E-state index in [9.17, 15) is 8.42 Å². The number of aryl methyl sites for hydroxylation is 1. The second-order valence-electron chi connectivity index (χ2n) is 5.94. The van der Waals surface area contributed by atoms with Gasteiger partial charge in [0.1, 0.15) is 5.75 Å². The maximum Gasteiger partial charge on any atom is 0.243 e. The smallest absolute Gasteiger partial charge is 0.243 e. The quantitative estimate of drug-likeness (QED) is 0.621. The van der Waals surface area contributed by atoms with E-state index >= 15 is 0 Å². The Labute approximate surface area is 162 Å². The van der Waals surface area contributed by atoms with Crippen LogP contribution in [0.5, 0.6) is 5.75 Å². The predicted octanol–water partition coefficient (Wildman–Crippen LogP) is 3.53. The highest BCUT2D eigenvalue weighted by Gasteiger charge is 2.24. The van der Waals surface area contributed by atoms with E-state index in [-0.39, 0.29) is 22.4 Å². The van der Waals surface area contributed by atoms with Crippen molar-refractivity contribution in [1.82, 2.24) is 14.4 Å². The Kier molecular flexibility index (Phi) is 5.50. The maximum atomic E-state index is 12.7. The van der Waals surface area contributed by atoms with Gasteiger partial charge in [0.05, 0.1) is 23.6 Å². The minimum atomic E-state index is -3.78. The SMILES string of the molecule is COc1ccc(S(=O)(=O)N(C)Cc2nc(-c3ccc(C)cc3)no2)cc1Cl. The standard InChI is InChI=1S/C18H18ClN3O4S/c1-12-4-6-13(7-5-12)18-20-17(26-21-18)11-22(2)27(23,24)14-8-9-16(25-3)15(19)10-14/h4-10H,11H2,1-3H3. The van der Waals surface area contributed by atoms with Crippen LogP contribution >= 0.6 is 11.6 Å². The maximum absolute atomic E-state index is 12.7. The van der Waals surface area contributed by atoms with Gasteiger partial charge < -0.3 is 9.26 Å². The molecule has 0 saturated carbocycles. The molecule has 27 heavy (non-hydrogen) atoms. The normalized spacial score (nSPS) is 11.7. The molecule has 7 nitrogen and oxygen atoms in total. The zero-order valence-electron chi connectivity index (χ0n) is 15.0. The van der Waals surface area contributed by atoms with Crippen molar-refractivity contribution in [3.05, 3.63) is 58.9 Å². The summed E-state index contributed by atoms with van der Waals surface area (Å²) in [4.78, 5) is 4.32. The highest BCUT2D eigenvalue weighted by atomic mass is 35.5. The number of halogens is 1. The van der Waals surface area contributed by atoms with E-state index in [4.69, 9.17) is 20.9 Å². The van der Waals surface area contributed by atoms with E-state index in [0.29, 0.717) is 11.6 Å². The molecule has 2 aromatic carbocycles. The van der Waals surface area contributed by atoms with Gasteiger partial charge in [-0.15, -0.1) is 0 Å². The van der Waals surface area contributed by atoms with Crippen LogP contribution in [0.4, 0.5) is 0 Å². The first-order chi connectivity index (χ1) is 12.8. The number of aromatic nitrogens is 2. The topological polar surface area (TPSA) is 85.5 Å². The molecule has 142 valence electrons. The lowest BCUT2D eigenvalue weighted by Gasteiger charge is -2.15. The molecule has 9 heteroatoms. The predicted molar refractivity (Wildman–Crippen MR) is 101 cm³/mol. The highest BCUT2D eigenvalue weighted by molar-refractivity contribution is 7.89. The summed E-state index contributed by atoms with van der Waals surface area (Å²) in [5.41, 5.74) is 1.91. The summed E-state index contributed by atoms with van der Waals surface area (Å²) in [6.45, 7) is 1.92. The summed E-state index contributed by atoms with van der Waals surface area (Å²) in [5.74, 6) is 0.998. The number of benzene rings is 2. The zero-order valence-corrected chi connectivity index (χ0v) is 16.6. The van der Waals surface area contributed by atoms with E-state index < -0.39 is 10.0 Å². The van der Waals surface area contributed by atoms with Crippen molar-refractivity contribution in [3.8, 4) is 17.1 Å². The molecule has 0 aliphatic carbocycles. The lowest BCUT2D eigenvalue weighted by Crippen LogP contribution is -2.26. The van der Waals surface area contributed by atoms with Crippen LogP contribution < -0.4 is 4.74 Å². The van der Waals surface area contributed by atoms with Crippen molar-refractivity contribution in [2.24, 2.45) is 0 Å². The van der Waals surface area contributed by atoms with E-state index in [1.165, 1.54) is 32.4 Å². The Hall–Kier alpha value is -2.42. The summed E-state index contributed by atoms with van der Waals surface area (Å²) in [6, 6.07) is 11.9. The Morgan fingerprint density at radius 3 is 2.52 bits per heavy atom. The molecule has 3 rings (SSSR count). The summed E-state index contributed by atoms with van der Waals surface area (Å²) in [5, 5.41) is 4.13. The van der Waals surface area contributed by atoms with Crippen molar-refractivity contribution in [2.75, 3.05) is 14.2 Å². The zero-order chi connectivity index (χ0) is 19.6. The summed E-state index contributed by atoms with van der Waals surface area (Å²) in [6.07, 6.45) is 0. The van der Waals surface area contributed by atoms with Gasteiger partial charge in [-0.25, -0.2) is 8.42 Å². The van der Waals surface area contributed by atoms with Gasteiger partial charge in [-0.1, -0.05) is 46.6 Å². The summed E-state index contributed by atoms with van der Waals surface area (Å²) in [7, 11) is -0.885. The Morgan fingerprint density at radius 1 is 1.19 bits per heavy atom. The Bertz CT molecular complexity index is 1050. The molecule has 0 spiro atoms. The van der Waals surface area contributed by atoms with Crippen LogP contribution in [-0.2, 0) is 16.6 Å². The average molecular weight is 408 g/mol. The van der Waals surface area contributed by atoms with Gasteiger partial charge in [-0.05, 0) is 25.1 Å². The van der Waals surface area contributed by atoms with E-state index in [1.807, 2.05) is 31.2 Å².